The Morgan fingerprint density at radius 1 is 1.40 bits per heavy atom. The van der Waals surface area contributed by atoms with Gasteiger partial charge in [0.05, 0.1) is 6.26 Å². The zero-order valence-electron chi connectivity index (χ0n) is 7.46. The molecular weight excluding hydrogens is 216 g/mol. The lowest BCUT2D eigenvalue weighted by molar-refractivity contribution is -0.236. The molecule has 2 nitrogen and oxygen atoms in total. The molecule has 1 rings (SSSR count). The third-order valence-corrected chi connectivity index (χ3v) is 1.86. The number of aliphatic hydroxyl groups is 1. The minimum absolute atomic E-state index is 0.209. The highest BCUT2D eigenvalue weighted by molar-refractivity contribution is 5.11. The van der Waals surface area contributed by atoms with Crippen LogP contribution in [0.2, 0.25) is 0 Å². The van der Waals surface area contributed by atoms with Crippen LogP contribution in [0.4, 0.5) is 17.6 Å². The number of hydrogen-bond donors (Lipinski definition) is 1. The van der Waals surface area contributed by atoms with Gasteiger partial charge < -0.3 is 9.52 Å². The van der Waals surface area contributed by atoms with Gasteiger partial charge in [0.1, 0.15) is 5.76 Å². The highest BCUT2D eigenvalue weighted by atomic mass is 19.3. The van der Waals surface area contributed by atoms with Gasteiger partial charge in [-0.1, -0.05) is 6.58 Å². The van der Waals surface area contributed by atoms with Crippen LogP contribution in [0.15, 0.2) is 35.5 Å². The largest absolute Gasteiger partial charge is 0.466 e. The van der Waals surface area contributed by atoms with E-state index >= 15 is 0 Å². The SMILES string of the molecule is C=CC(F)(F)C(F)(F)C(O)c1ccco1. The molecule has 1 heterocycles. The van der Waals surface area contributed by atoms with E-state index in [1.54, 1.807) is 0 Å². The fourth-order valence-corrected chi connectivity index (χ4v) is 0.944. The van der Waals surface area contributed by atoms with Gasteiger partial charge in [0, 0.05) is 0 Å². The van der Waals surface area contributed by atoms with E-state index in [1.165, 1.54) is 6.07 Å². The van der Waals surface area contributed by atoms with Crippen molar-refractivity contribution in [2.75, 3.05) is 0 Å². The van der Waals surface area contributed by atoms with Crippen molar-refractivity contribution in [2.45, 2.75) is 17.9 Å². The molecule has 0 fully saturated rings. The third-order valence-electron chi connectivity index (χ3n) is 1.86. The molecular formula is C9H8F4O2. The summed E-state index contributed by atoms with van der Waals surface area (Å²) in [6, 6.07) is 2.19. The molecule has 0 amide bonds. The van der Waals surface area contributed by atoms with Crippen LogP contribution in [-0.4, -0.2) is 17.0 Å². The molecule has 1 unspecified atom stereocenters. The van der Waals surface area contributed by atoms with E-state index < -0.39 is 23.7 Å². The van der Waals surface area contributed by atoms with Crippen molar-refractivity contribution in [1.29, 1.82) is 0 Å². The molecule has 0 radical (unpaired) electrons. The van der Waals surface area contributed by atoms with Crippen molar-refractivity contribution in [3.63, 3.8) is 0 Å². The second-order valence-electron chi connectivity index (χ2n) is 2.87. The van der Waals surface area contributed by atoms with Crippen LogP contribution < -0.4 is 0 Å². The molecule has 0 aliphatic heterocycles. The Kier molecular flexibility index (Phi) is 2.90. The highest BCUT2D eigenvalue weighted by Gasteiger charge is 2.60. The second kappa shape index (κ2) is 3.69. The lowest BCUT2D eigenvalue weighted by Crippen LogP contribution is -2.43. The average Bonchev–Trinajstić information content (AvgIpc) is 2.69. The van der Waals surface area contributed by atoms with Gasteiger partial charge in [-0.15, -0.1) is 0 Å². The monoisotopic (exact) mass is 224 g/mol. The van der Waals surface area contributed by atoms with Crippen LogP contribution in [-0.2, 0) is 0 Å². The average molecular weight is 224 g/mol. The summed E-state index contributed by atoms with van der Waals surface area (Å²) >= 11 is 0. The van der Waals surface area contributed by atoms with Crippen LogP contribution in [0.3, 0.4) is 0 Å². The number of rotatable bonds is 4. The zero-order valence-corrected chi connectivity index (χ0v) is 7.46. The first-order chi connectivity index (χ1) is 6.83. The Morgan fingerprint density at radius 2 is 2.00 bits per heavy atom. The third kappa shape index (κ3) is 1.90. The quantitative estimate of drug-likeness (QED) is 0.630. The Balaban J connectivity index is 3.01. The number of hydrogen-bond acceptors (Lipinski definition) is 2. The second-order valence-corrected chi connectivity index (χ2v) is 2.87. The van der Waals surface area contributed by atoms with Gasteiger partial charge in [-0.25, -0.2) is 0 Å². The predicted molar refractivity (Wildman–Crippen MR) is 43.8 cm³/mol. The Hall–Kier alpha value is -1.30. The van der Waals surface area contributed by atoms with E-state index in [0.29, 0.717) is 0 Å². The van der Waals surface area contributed by atoms with E-state index in [4.69, 9.17) is 5.11 Å². The van der Waals surface area contributed by atoms with Crippen molar-refractivity contribution in [3.8, 4) is 0 Å². The smallest absolute Gasteiger partial charge is 0.346 e. The van der Waals surface area contributed by atoms with Gasteiger partial charge in [0.2, 0.25) is 0 Å². The number of halogens is 4. The molecule has 1 atom stereocenters. The van der Waals surface area contributed by atoms with Gasteiger partial charge >= 0.3 is 11.8 Å². The summed E-state index contributed by atoms with van der Waals surface area (Å²) in [7, 11) is 0. The maximum atomic E-state index is 13.0. The number of allylic oxidation sites excluding steroid dienone is 1. The van der Waals surface area contributed by atoms with Crippen LogP contribution >= 0.6 is 0 Å². The number of furan rings is 1. The summed E-state index contributed by atoms with van der Waals surface area (Å²) in [5, 5.41) is 9.03. The van der Waals surface area contributed by atoms with Crippen LogP contribution in [0.1, 0.15) is 11.9 Å². The molecule has 0 aromatic carbocycles. The summed E-state index contributed by atoms with van der Waals surface area (Å²) in [5.74, 6) is -9.78. The molecule has 0 aliphatic rings. The molecule has 0 saturated carbocycles. The molecule has 1 aromatic rings. The first-order valence-corrected chi connectivity index (χ1v) is 3.93. The first kappa shape index (κ1) is 11.8. The Morgan fingerprint density at radius 3 is 2.40 bits per heavy atom. The van der Waals surface area contributed by atoms with Crippen molar-refractivity contribution < 1.29 is 27.1 Å². The van der Waals surface area contributed by atoms with E-state index in [9.17, 15) is 17.6 Å². The van der Waals surface area contributed by atoms with Crippen molar-refractivity contribution >= 4 is 0 Å². The van der Waals surface area contributed by atoms with Gasteiger partial charge in [-0.3, -0.25) is 0 Å². The number of alkyl halides is 4. The molecule has 0 saturated heterocycles. The van der Waals surface area contributed by atoms with Crippen molar-refractivity contribution in [2.24, 2.45) is 0 Å². The lowest BCUT2D eigenvalue weighted by Gasteiger charge is -2.26. The van der Waals surface area contributed by atoms with Crippen molar-refractivity contribution in [3.05, 3.63) is 36.8 Å². The molecule has 84 valence electrons. The summed E-state index contributed by atoms with van der Waals surface area (Å²) in [6.07, 6.45) is -1.92. The standard InChI is InChI=1S/C9H8F4O2/c1-2-8(10,11)9(12,13)7(14)6-4-3-5-15-6/h2-5,7,14H,1H2. The summed E-state index contributed by atoms with van der Waals surface area (Å²) < 4.78 is 55.9. The Labute approximate surface area is 82.8 Å². The van der Waals surface area contributed by atoms with Gasteiger partial charge in [-0.2, -0.15) is 17.6 Å². The molecule has 1 N–H and O–H groups in total. The minimum Gasteiger partial charge on any atom is -0.466 e. The van der Waals surface area contributed by atoms with Crippen LogP contribution in [0.25, 0.3) is 0 Å². The van der Waals surface area contributed by atoms with Crippen molar-refractivity contribution in [1.82, 2.24) is 0 Å². The normalized spacial score (nSPS) is 15.0. The summed E-state index contributed by atoms with van der Waals surface area (Å²) in [6.45, 7) is 2.59. The number of aliphatic hydroxyl groups excluding tert-OH is 1. The van der Waals surface area contributed by atoms with E-state index in [1.807, 2.05) is 0 Å². The van der Waals surface area contributed by atoms with E-state index in [0.717, 1.165) is 12.3 Å². The van der Waals surface area contributed by atoms with Gasteiger partial charge in [-0.05, 0) is 18.2 Å². The molecule has 0 aliphatic carbocycles. The Bertz CT molecular complexity index is 332. The lowest BCUT2D eigenvalue weighted by atomic mass is 10.0. The molecule has 15 heavy (non-hydrogen) atoms. The topological polar surface area (TPSA) is 33.4 Å². The highest BCUT2D eigenvalue weighted by Crippen LogP contribution is 2.44. The summed E-state index contributed by atoms with van der Waals surface area (Å²) in [4.78, 5) is 0. The van der Waals surface area contributed by atoms with Crippen LogP contribution in [0.5, 0.6) is 0 Å². The maximum absolute atomic E-state index is 13.0. The minimum atomic E-state index is -4.66. The predicted octanol–water partition coefficient (Wildman–Crippen LogP) is 2.77. The van der Waals surface area contributed by atoms with E-state index in [-0.39, 0.29) is 6.08 Å². The molecule has 6 heteroatoms. The first-order valence-electron chi connectivity index (χ1n) is 3.93. The molecule has 1 aromatic heterocycles. The van der Waals surface area contributed by atoms with Gasteiger partial charge in [0.25, 0.3) is 0 Å². The summed E-state index contributed by atoms with van der Waals surface area (Å²) in [5.41, 5.74) is 0. The molecule has 0 spiro atoms. The van der Waals surface area contributed by atoms with Crippen LogP contribution in [0, 0.1) is 0 Å². The van der Waals surface area contributed by atoms with Gasteiger partial charge in [0.15, 0.2) is 6.10 Å². The fourth-order valence-electron chi connectivity index (χ4n) is 0.944. The van der Waals surface area contributed by atoms with E-state index in [2.05, 4.69) is 11.0 Å². The zero-order chi connectivity index (χ0) is 11.7. The molecule has 0 bridgehead atoms. The maximum Gasteiger partial charge on any atom is 0.346 e. The fraction of sp³-hybridized carbons (Fsp3) is 0.333.